The van der Waals surface area contributed by atoms with Gasteiger partial charge in [0.1, 0.15) is 6.04 Å². The number of benzene rings is 1. The molecule has 1 aromatic carbocycles. The first-order chi connectivity index (χ1) is 9.97. The van der Waals surface area contributed by atoms with Crippen LogP contribution in [-0.2, 0) is 16.0 Å². The van der Waals surface area contributed by atoms with E-state index in [-0.39, 0.29) is 11.8 Å². The summed E-state index contributed by atoms with van der Waals surface area (Å²) in [7, 11) is 0. The second-order valence-electron chi connectivity index (χ2n) is 5.14. The summed E-state index contributed by atoms with van der Waals surface area (Å²) in [5.74, 6) is -1.50. The lowest BCUT2D eigenvalue weighted by Gasteiger charge is -2.19. The highest BCUT2D eigenvalue weighted by molar-refractivity contribution is 5.94. The number of carboxylic acids is 1. The monoisotopic (exact) mass is 289 g/mol. The molecule has 0 bridgehead atoms. The zero-order valence-electron chi connectivity index (χ0n) is 12.8. The fourth-order valence-corrected chi connectivity index (χ4v) is 1.92. The predicted molar refractivity (Wildman–Crippen MR) is 83.9 cm³/mol. The number of amides is 1. The number of carbonyl (C=O) groups is 2. The molecule has 114 valence electrons. The van der Waals surface area contributed by atoms with Crippen LogP contribution in [0, 0.1) is 5.92 Å². The third-order valence-corrected chi connectivity index (χ3v) is 3.59. The molecule has 0 aliphatic heterocycles. The van der Waals surface area contributed by atoms with Crippen molar-refractivity contribution in [1.29, 1.82) is 0 Å². The van der Waals surface area contributed by atoms with Gasteiger partial charge >= 0.3 is 5.97 Å². The quantitative estimate of drug-likeness (QED) is 0.758. The second kappa shape index (κ2) is 8.25. The highest BCUT2D eigenvalue weighted by atomic mass is 16.4. The van der Waals surface area contributed by atoms with Gasteiger partial charge in [0.15, 0.2) is 0 Å². The second-order valence-corrected chi connectivity index (χ2v) is 5.14. The van der Waals surface area contributed by atoms with E-state index in [1.165, 1.54) is 11.6 Å². The van der Waals surface area contributed by atoms with Gasteiger partial charge in [0, 0.05) is 6.08 Å². The van der Waals surface area contributed by atoms with Gasteiger partial charge in [-0.2, -0.15) is 0 Å². The first kappa shape index (κ1) is 17.0. The summed E-state index contributed by atoms with van der Waals surface area (Å²) in [5.41, 5.74) is 2.15. The van der Waals surface area contributed by atoms with Gasteiger partial charge in [-0.1, -0.05) is 51.5 Å². The van der Waals surface area contributed by atoms with Crippen molar-refractivity contribution in [3.8, 4) is 0 Å². The molecule has 4 heteroatoms. The van der Waals surface area contributed by atoms with Crippen LogP contribution in [0.1, 0.15) is 38.3 Å². The van der Waals surface area contributed by atoms with Gasteiger partial charge in [-0.15, -0.1) is 0 Å². The summed E-state index contributed by atoms with van der Waals surface area (Å²) in [4.78, 5) is 23.0. The average molecular weight is 289 g/mol. The van der Waals surface area contributed by atoms with Crippen molar-refractivity contribution in [3.05, 3.63) is 41.5 Å². The summed E-state index contributed by atoms with van der Waals surface area (Å²) in [5, 5.41) is 11.7. The van der Waals surface area contributed by atoms with Crippen LogP contribution in [0.2, 0.25) is 0 Å². The number of aliphatic carboxylic acids is 1. The van der Waals surface area contributed by atoms with Crippen LogP contribution in [0.3, 0.4) is 0 Å². The molecule has 1 unspecified atom stereocenters. The van der Waals surface area contributed by atoms with E-state index in [4.69, 9.17) is 5.11 Å². The predicted octanol–water partition coefficient (Wildman–Crippen LogP) is 2.88. The standard InChI is InChI=1S/C17H23NO3/c1-4-12(3)16(17(20)21)18-15(19)11-10-14-8-6-13(5-2)7-9-14/h6-12,16H,4-5H2,1-3H3,(H,18,19)(H,20,21)/t12?,16-/m0/s1. The molecule has 0 radical (unpaired) electrons. The van der Waals surface area contributed by atoms with E-state index < -0.39 is 12.0 Å². The number of hydrogen-bond acceptors (Lipinski definition) is 2. The van der Waals surface area contributed by atoms with Gasteiger partial charge < -0.3 is 10.4 Å². The van der Waals surface area contributed by atoms with E-state index in [2.05, 4.69) is 12.2 Å². The lowest BCUT2D eigenvalue weighted by molar-refractivity contribution is -0.142. The molecule has 2 N–H and O–H groups in total. The third-order valence-electron chi connectivity index (χ3n) is 3.59. The molecule has 0 aliphatic rings. The van der Waals surface area contributed by atoms with Crippen LogP contribution >= 0.6 is 0 Å². The molecular weight excluding hydrogens is 266 g/mol. The lowest BCUT2D eigenvalue weighted by atomic mass is 9.99. The van der Waals surface area contributed by atoms with Crippen molar-refractivity contribution >= 4 is 18.0 Å². The van der Waals surface area contributed by atoms with Gasteiger partial charge in [-0.05, 0) is 29.5 Å². The highest BCUT2D eigenvalue weighted by Gasteiger charge is 2.24. The molecule has 0 heterocycles. The minimum atomic E-state index is -1.00. The molecule has 2 atom stereocenters. The Morgan fingerprint density at radius 3 is 2.33 bits per heavy atom. The largest absolute Gasteiger partial charge is 0.480 e. The zero-order valence-corrected chi connectivity index (χ0v) is 12.8. The molecule has 21 heavy (non-hydrogen) atoms. The summed E-state index contributed by atoms with van der Waals surface area (Å²) < 4.78 is 0. The highest BCUT2D eigenvalue weighted by Crippen LogP contribution is 2.09. The Kier molecular flexibility index (Phi) is 6.66. The van der Waals surface area contributed by atoms with E-state index >= 15 is 0 Å². The topological polar surface area (TPSA) is 66.4 Å². The molecule has 0 saturated carbocycles. The minimum absolute atomic E-state index is 0.108. The molecule has 0 spiro atoms. The van der Waals surface area contributed by atoms with E-state index in [0.29, 0.717) is 6.42 Å². The van der Waals surface area contributed by atoms with Gasteiger partial charge in [0.25, 0.3) is 0 Å². The number of carbonyl (C=O) groups excluding carboxylic acids is 1. The van der Waals surface area contributed by atoms with Crippen LogP contribution in [-0.4, -0.2) is 23.0 Å². The Bertz CT molecular complexity index is 505. The van der Waals surface area contributed by atoms with Crippen molar-refractivity contribution in [2.24, 2.45) is 5.92 Å². The maximum absolute atomic E-state index is 11.8. The number of rotatable bonds is 7. The van der Waals surface area contributed by atoms with Gasteiger partial charge in [0.05, 0.1) is 0 Å². The van der Waals surface area contributed by atoms with Crippen molar-refractivity contribution in [3.63, 3.8) is 0 Å². The molecule has 1 rings (SSSR count). The SMILES string of the molecule is CCc1ccc(C=CC(=O)N[C@H](C(=O)O)C(C)CC)cc1. The Morgan fingerprint density at radius 1 is 1.24 bits per heavy atom. The molecule has 1 aromatic rings. The maximum Gasteiger partial charge on any atom is 0.326 e. The fourth-order valence-electron chi connectivity index (χ4n) is 1.92. The van der Waals surface area contributed by atoms with Crippen LogP contribution in [0.15, 0.2) is 30.3 Å². The van der Waals surface area contributed by atoms with Crippen molar-refractivity contribution in [2.45, 2.75) is 39.7 Å². The number of aryl methyl sites for hydroxylation is 1. The molecule has 0 aromatic heterocycles. The first-order valence-corrected chi connectivity index (χ1v) is 7.28. The van der Waals surface area contributed by atoms with E-state index in [1.54, 1.807) is 6.08 Å². The van der Waals surface area contributed by atoms with Gasteiger partial charge in [0.2, 0.25) is 5.91 Å². The average Bonchev–Trinajstić information content (AvgIpc) is 2.50. The zero-order chi connectivity index (χ0) is 15.8. The first-order valence-electron chi connectivity index (χ1n) is 7.28. The molecule has 0 aliphatic carbocycles. The van der Waals surface area contributed by atoms with Crippen LogP contribution in [0.5, 0.6) is 0 Å². The molecule has 1 amide bonds. The molecule has 4 nitrogen and oxygen atoms in total. The van der Waals surface area contributed by atoms with E-state index in [0.717, 1.165) is 12.0 Å². The lowest BCUT2D eigenvalue weighted by Crippen LogP contribution is -2.44. The molecule has 0 fully saturated rings. The van der Waals surface area contributed by atoms with Gasteiger partial charge in [-0.25, -0.2) is 4.79 Å². The Morgan fingerprint density at radius 2 is 1.86 bits per heavy atom. The van der Waals surface area contributed by atoms with Crippen molar-refractivity contribution in [2.75, 3.05) is 0 Å². The Balaban J connectivity index is 2.66. The maximum atomic E-state index is 11.8. The van der Waals surface area contributed by atoms with Crippen LogP contribution in [0.4, 0.5) is 0 Å². The summed E-state index contributed by atoms with van der Waals surface area (Å²) >= 11 is 0. The minimum Gasteiger partial charge on any atom is -0.480 e. The molecule has 0 saturated heterocycles. The smallest absolute Gasteiger partial charge is 0.326 e. The van der Waals surface area contributed by atoms with Crippen molar-refractivity contribution in [1.82, 2.24) is 5.32 Å². The van der Waals surface area contributed by atoms with E-state index in [1.807, 2.05) is 38.1 Å². The number of carboxylic acid groups (broad SMARTS) is 1. The normalized spacial score (nSPS) is 13.9. The van der Waals surface area contributed by atoms with Crippen LogP contribution < -0.4 is 5.32 Å². The Labute approximate surface area is 125 Å². The van der Waals surface area contributed by atoms with Crippen LogP contribution in [0.25, 0.3) is 6.08 Å². The van der Waals surface area contributed by atoms with Gasteiger partial charge in [-0.3, -0.25) is 4.79 Å². The Hall–Kier alpha value is -2.10. The summed E-state index contributed by atoms with van der Waals surface area (Å²) in [6.45, 7) is 5.80. The number of nitrogens with one attached hydrogen (secondary N) is 1. The fraction of sp³-hybridized carbons (Fsp3) is 0.412. The van der Waals surface area contributed by atoms with Crippen molar-refractivity contribution < 1.29 is 14.7 Å². The third kappa shape index (κ3) is 5.42. The number of hydrogen-bond donors (Lipinski definition) is 2. The van der Waals surface area contributed by atoms with E-state index in [9.17, 15) is 9.59 Å². The molecular formula is C17H23NO3. The summed E-state index contributed by atoms with van der Waals surface area (Å²) in [6, 6.07) is 7.04. The summed E-state index contributed by atoms with van der Waals surface area (Å²) in [6.07, 6.45) is 4.72.